The third-order valence-electron chi connectivity index (χ3n) is 8.51. The molecule has 1 amide bonds. The van der Waals surface area contributed by atoms with Crippen LogP contribution >= 0.6 is 0 Å². The van der Waals surface area contributed by atoms with Gasteiger partial charge in [0.25, 0.3) is 0 Å². The van der Waals surface area contributed by atoms with E-state index in [4.69, 9.17) is 4.98 Å². The summed E-state index contributed by atoms with van der Waals surface area (Å²) in [4.78, 5) is 49.0. The molecule has 1 saturated heterocycles. The zero-order valence-electron chi connectivity index (χ0n) is 23.7. The van der Waals surface area contributed by atoms with E-state index in [1.54, 1.807) is 35.5 Å². The molecule has 3 fully saturated rings. The van der Waals surface area contributed by atoms with Gasteiger partial charge in [-0.2, -0.15) is 10.2 Å². The summed E-state index contributed by atoms with van der Waals surface area (Å²) in [6.07, 6.45) is 6.71. The van der Waals surface area contributed by atoms with E-state index in [0.29, 0.717) is 36.5 Å². The van der Waals surface area contributed by atoms with E-state index in [9.17, 15) is 14.9 Å². The lowest BCUT2D eigenvalue weighted by Crippen LogP contribution is -2.54. The predicted octanol–water partition coefficient (Wildman–Crippen LogP) is 4.23. The van der Waals surface area contributed by atoms with Gasteiger partial charge in [0.2, 0.25) is 5.91 Å². The molecule has 10 nitrogen and oxygen atoms in total. The van der Waals surface area contributed by atoms with Crippen molar-refractivity contribution in [3.8, 4) is 23.0 Å². The fourth-order valence-electron chi connectivity index (χ4n) is 6.04. The molecule has 4 aromatic rings. The van der Waals surface area contributed by atoms with Crippen LogP contribution in [0.2, 0.25) is 0 Å². The second-order valence-electron chi connectivity index (χ2n) is 11.5. The van der Waals surface area contributed by atoms with Gasteiger partial charge in [-0.05, 0) is 56.9 Å². The minimum absolute atomic E-state index is 0.144. The molecule has 2 saturated carbocycles. The highest BCUT2D eigenvalue weighted by atomic mass is 19.1. The van der Waals surface area contributed by atoms with Crippen molar-refractivity contribution in [3.63, 3.8) is 0 Å². The Hall–Kier alpha value is -4.98. The smallest absolute Gasteiger partial charge is 0.350 e. The van der Waals surface area contributed by atoms with Crippen LogP contribution in [0.3, 0.4) is 0 Å². The molecule has 1 aliphatic heterocycles. The molecule has 43 heavy (non-hydrogen) atoms. The highest BCUT2D eigenvalue weighted by Crippen LogP contribution is 2.47. The Bertz CT molecular complexity index is 1880. The van der Waals surface area contributed by atoms with Gasteiger partial charge in [0.15, 0.2) is 5.65 Å². The highest BCUT2D eigenvalue weighted by molar-refractivity contribution is 5.93. The Kier molecular flexibility index (Phi) is 6.49. The molecule has 1 atom stereocenters. The number of piperazine rings is 1. The van der Waals surface area contributed by atoms with Gasteiger partial charge in [-0.25, -0.2) is 28.7 Å². The van der Waals surface area contributed by atoms with Crippen molar-refractivity contribution in [2.45, 2.75) is 50.5 Å². The van der Waals surface area contributed by atoms with Crippen molar-refractivity contribution >= 4 is 22.8 Å². The SMILES string of the molecule is C=CC(=O)N1CCN(c2nc(=O)n(-c3c(C4CC4)ncnc3C3CC3)c3nc(-c4ccccc4F)c(C#N)cc23)[C@@H](C)C1. The Labute approximate surface area is 247 Å². The molecule has 0 unspecified atom stereocenters. The first-order valence-electron chi connectivity index (χ1n) is 14.6. The molecule has 7 rings (SSSR count). The van der Waals surface area contributed by atoms with Gasteiger partial charge < -0.3 is 9.80 Å². The van der Waals surface area contributed by atoms with Crippen LogP contribution in [0.15, 0.2) is 54.1 Å². The van der Waals surface area contributed by atoms with E-state index < -0.39 is 11.5 Å². The van der Waals surface area contributed by atoms with Crippen molar-refractivity contribution in [2.24, 2.45) is 0 Å². The Morgan fingerprint density at radius 2 is 1.79 bits per heavy atom. The number of halogens is 1. The van der Waals surface area contributed by atoms with E-state index >= 15 is 4.39 Å². The number of fused-ring (bicyclic) bond motifs is 1. The number of carbonyl (C=O) groups excluding carboxylic acids is 1. The summed E-state index contributed by atoms with van der Waals surface area (Å²) >= 11 is 0. The van der Waals surface area contributed by atoms with Crippen LogP contribution in [0.5, 0.6) is 0 Å². The minimum atomic E-state index is -0.547. The average Bonchev–Trinajstić information content (AvgIpc) is 3.94. The predicted molar refractivity (Wildman–Crippen MR) is 158 cm³/mol. The number of amides is 1. The summed E-state index contributed by atoms with van der Waals surface area (Å²) in [6.45, 7) is 6.79. The number of nitrogens with zero attached hydrogens (tertiary/aromatic N) is 8. The lowest BCUT2D eigenvalue weighted by atomic mass is 10.0. The number of pyridine rings is 1. The van der Waals surface area contributed by atoms with Gasteiger partial charge >= 0.3 is 5.69 Å². The maximum Gasteiger partial charge on any atom is 0.355 e. The largest absolute Gasteiger partial charge is 0.355 e. The Balaban J connectivity index is 1.51. The standard InChI is InChI=1S/C32H29FN8O2/c1-3-25(42)39-12-13-40(18(2)16-39)30-23-14-21(15-34)26(22-6-4-5-7-24(22)33)37-31(23)41(32(43)38-30)29-27(19-8-9-19)35-17-36-28(29)20-10-11-20/h3-7,14,17-20H,1,8-13,16H2,2H3/t18-/m0/s1. The molecule has 2 aliphatic carbocycles. The molecule has 3 aliphatic rings. The van der Waals surface area contributed by atoms with Crippen LogP contribution in [0.1, 0.15) is 61.4 Å². The zero-order valence-corrected chi connectivity index (χ0v) is 23.7. The van der Waals surface area contributed by atoms with E-state index in [-0.39, 0.29) is 46.3 Å². The normalized spacial score (nSPS) is 18.5. The maximum absolute atomic E-state index is 15.1. The van der Waals surface area contributed by atoms with Crippen LogP contribution in [-0.2, 0) is 4.79 Å². The van der Waals surface area contributed by atoms with Gasteiger partial charge in [-0.3, -0.25) is 4.79 Å². The van der Waals surface area contributed by atoms with Crippen molar-refractivity contribution in [1.29, 1.82) is 5.26 Å². The van der Waals surface area contributed by atoms with Crippen LogP contribution in [0.25, 0.3) is 28.0 Å². The molecule has 216 valence electrons. The monoisotopic (exact) mass is 576 g/mol. The summed E-state index contributed by atoms with van der Waals surface area (Å²) in [6, 6.07) is 9.80. The Morgan fingerprint density at radius 3 is 2.40 bits per heavy atom. The molecule has 0 bridgehead atoms. The molecule has 0 spiro atoms. The molecule has 1 aromatic carbocycles. The average molecular weight is 577 g/mol. The van der Waals surface area contributed by atoms with Gasteiger partial charge in [0.05, 0.1) is 33.7 Å². The van der Waals surface area contributed by atoms with E-state index in [2.05, 4.69) is 27.6 Å². The van der Waals surface area contributed by atoms with E-state index in [1.165, 1.54) is 16.7 Å². The molecule has 0 radical (unpaired) electrons. The van der Waals surface area contributed by atoms with Crippen LogP contribution in [-0.4, -0.2) is 61.0 Å². The summed E-state index contributed by atoms with van der Waals surface area (Å²) < 4.78 is 16.6. The van der Waals surface area contributed by atoms with E-state index in [0.717, 1.165) is 37.1 Å². The fraction of sp³-hybridized carbons (Fsp3) is 0.344. The number of hydrogen-bond donors (Lipinski definition) is 0. The lowest BCUT2D eigenvalue weighted by Gasteiger charge is -2.40. The topological polar surface area (TPSA) is 121 Å². The molecule has 0 N–H and O–H groups in total. The summed E-state index contributed by atoms with van der Waals surface area (Å²) in [5.41, 5.74) is 2.37. The number of nitriles is 1. The molecule has 4 heterocycles. The van der Waals surface area contributed by atoms with Crippen molar-refractivity contribution in [2.75, 3.05) is 24.5 Å². The second-order valence-corrected chi connectivity index (χ2v) is 11.5. The maximum atomic E-state index is 15.1. The van der Waals surface area contributed by atoms with Gasteiger partial charge in [0.1, 0.15) is 24.0 Å². The van der Waals surface area contributed by atoms with Gasteiger partial charge in [0, 0.05) is 43.1 Å². The van der Waals surface area contributed by atoms with Crippen LogP contribution in [0.4, 0.5) is 10.2 Å². The number of benzene rings is 1. The lowest BCUT2D eigenvalue weighted by molar-refractivity contribution is -0.126. The van der Waals surface area contributed by atoms with Crippen LogP contribution in [0, 0.1) is 17.1 Å². The summed E-state index contributed by atoms with van der Waals surface area (Å²) in [5.74, 6) is 0.100. The number of hydrogen-bond acceptors (Lipinski definition) is 8. The quantitative estimate of drug-likeness (QED) is 0.313. The molecule has 3 aromatic heterocycles. The molecular weight excluding hydrogens is 547 g/mol. The first kappa shape index (κ1) is 26.9. The van der Waals surface area contributed by atoms with Crippen molar-refractivity contribution in [3.05, 3.63) is 82.6 Å². The summed E-state index contributed by atoms with van der Waals surface area (Å²) in [5, 5.41) is 10.7. The van der Waals surface area contributed by atoms with E-state index in [1.807, 2.05) is 11.8 Å². The number of rotatable bonds is 6. The first-order valence-corrected chi connectivity index (χ1v) is 14.6. The van der Waals surface area contributed by atoms with Gasteiger partial charge in [-0.15, -0.1) is 0 Å². The molecular formula is C32H29FN8O2. The zero-order chi connectivity index (χ0) is 29.8. The third kappa shape index (κ3) is 4.63. The minimum Gasteiger partial charge on any atom is -0.350 e. The summed E-state index contributed by atoms with van der Waals surface area (Å²) in [7, 11) is 0. The van der Waals surface area contributed by atoms with Crippen LogP contribution < -0.4 is 10.6 Å². The van der Waals surface area contributed by atoms with Crippen molar-refractivity contribution < 1.29 is 9.18 Å². The number of carbonyl (C=O) groups is 1. The third-order valence-corrected chi connectivity index (χ3v) is 8.51. The highest BCUT2D eigenvalue weighted by Gasteiger charge is 2.37. The second kappa shape index (κ2) is 10.4. The number of aromatic nitrogens is 5. The van der Waals surface area contributed by atoms with Crippen molar-refractivity contribution in [1.82, 2.24) is 29.4 Å². The van der Waals surface area contributed by atoms with Gasteiger partial charge in [-0.1, -0.05) is 18.7 Å². The Morgan fingerprint density at radius 1 is 1.09 bits per heavy atom. The fourth-order valence-corrected chi connectivity index (χ4v) is 6.04. The first-order chi connectivity index (χ1) is 20.9. The molecule has 11 heteroatoms. The number of anilines is 1.